The van der Waals surface area contributed by atoms with Crippen molar-refractivity contribution in [2.75, 3.05) is 19.6 Å². The minimum Gasteiger partial charge on any atom is -0.391 e. The van der Waals surface area contributed by atoms with Gasteiger partial charge in [0.05, 0.1) is 17.8 Å². The Morgan fingerprint density at radius 3 is 3.10 bits per heavy atom. The zero-order valence-corrected chi connectivity index (χ0v) is 11.1. The first-order valence-corrected chi connectivity index (χ1v) is 6.80. The number of aromatic nitrogens is 2. The van der Waals surface area contributed by atoms with E-state index in [0.717, 1.165) is 17.4 Å². The summed E-state index contributed by atoms with van der Waals surface area (Å²) in [4.78, 5) is 11.9. The highest BCUT2D eigenvalue weighted by Crippen LogP contribution is 2.12. The summed E-state index contributed by atoms with van der Waals surface area (Å²) in [5.74, 6) is 0.00580. The predicted octanol–water partition coefficient (Wildman–Crippen LogP) is -0.267. The fraction of sp³-hybridized carbons (Fsp3) is 0.429. The third-order valence-electron chi connectivity index (χ3n) is 3.71. The van der Waals surface area contributed by atoms with Crippen LogP contribution in [0.1, 0.15) is 0 Å². The Hall–Kier alpha value is -1.92. The number of fused-ring (bicyclic) bond motifs is 1. The molecule has 0 radical (unpaired) electrons. The van der Waals surface area contributed by atoms with Gasteiger partial charge in [-0.2, -0.15) is 5.10 Å². The van der Waals surface area contributed by atoms with Crippen LogP contribution >= 0.6 is 0 Å². The van der Waals surface area contributed by atoms with E-state index in [1.54, 1.807) is 10.9 Å². The summed E-state index contributed by atoms with van der Waals surface area (Å²) in [6.07, 6.45) is 1.38. The first-order valence-electron chi connectivity index (χ1n) is 6.80. The van der Waals surface area contributed by atoms with Crippen LogP contribution < -0.4 is 10.6 Å². The average molecular weight is 274 g/mol. The van der Waals surface area contributed by atoms with Crippen molar-refractivity contribution in [3.05, 3.63) is 30.5 Å². The van der Waals surface area contributed by atoms with E-state index in [0.29, 0.717) is 13.1 Å². The number of β-amino-alcohol motifs (C(OH)–C–C–N with tert-alkyl or cyclic N) is 1. The summed E-state index contributed by atoms with van der Waals surface area (Å²) in [6, 6.07) is 7.79. The van der Waals surface area contributed by atoms with Gasteiger partial charge in [0.15, 0.2) is 0 Å². The third kappa shape index (κ3) is 2.66. The Labute approximate surface area is 116 Å². The SMILES string of the molecule is O=C(Cn1ncc2ccccc21)NCC1CNCC1O. The maximum Gasteiger partial charge on any atom is 0.241 e. The van der Waals surface area contributed by atoms with Crippen LogP contribution in [0.4, 0.5) is 0 Å². The Balaban J connectivity index is 1.58. The van der Waals surface area contributed by atoms with Crippen molar-refractivity contribution in [1.82, 2.24) is 20.4 Å². The lowest BCUT2D eigenvalue weighted by molar-refractivity contribution is -0.122. The molecular formula is C14H18N4O2. The molecule has 1 amide bonds. The molecule has 2 aromatic rings. The van der Waals surface area contributed by atoms with Crippen LogP contribution in [0.15, 0.2) is 30.5 Å². The van der Waals surface area contributed by atoms with Crippen LogP contribution in [0.3, 0.4) is 0 Å². The highest BCUT2D eigenvalue weighted by atomic mass is 16.3. The standard InChI is InChI=1S/C14H18N4O2/c19-13-8-15-5-11(13)6-16-14(20)9-18-12-4-2-1-3-10(12)7-17-18/h1-4,7,11,13,15,19H,5-6,8-9H2,(H,16,20). The van der Waals surface area contributed by atoms with Crippen LogP contribution in [0, 0.1) is 5.92 Å². The quantitative estimate of drug-likeness (QED) is 0.717. The zero-order valence-electron chi connectivity index (χ0n) is 11.1. The first kappa shape index (κ1) is 13.1. The minimum atomic E-state index is -0.374. The molecule has 1 aromatic heterocycles. The Kier molecular flexibility index (Phi) is 3.66. The number of benzene rings is 1. The highest BCUT2D eigenvalue weighted by molar-refractivity contribution is 5.81. The van der Waals surface area contributed by atoms with E-state index in [2.05, 4.69) is 15.7 Å². The summed E-state index contributed by atoms with van der Waals surface area (Å²) in [7, 11) is 0. The van der Waals surface area contributed by atoms with Crippen LogP contribution in [0.2, 0.25) is 0 Å². The van der Waals surface area contributed by atoms with E-state index in [4.69, 9.17) is 0 Å². The van der Waals surface area contributed by atoms with Crippen molar-refractivity contribution < 1.29 is 9.90 Å². The van der Waals surface area contributed by atoms with Gasteiger partial charge in [0.25, 0.3) is 0 Å². The normalized spacial score (nSPS) is 22.2. The number of carbonyl (C=O) groups excluding carboxylic acids is 1. The monoisotopic (exact) mass is 274 g/mol. The molecule has 1 aliphatic rings. The predicted molar refractivity (Wildman–Crippen MR) is 75.1 cm³/mol. The number of amides is 1. The van der Waals surface area contributed by atoms with Crippen molar-refractivity contribution in [3.63, 3.8) is 0 Å². The maximum absolute atomic E-state index is 11.9. The topological polar surface area (TPSA) is 79.2 Å². The number of aliphatic hydroxyl groups is 1. The molecule has 0 aliphatic carbocycles. The van der Waals surface area contributed by atoms with Gasteiger partial charge in [0, 0.05) is 30.9 Å². The molecule has 1 fully saturated rings. The van der Waals surface area contributed by atoms with Gasteiger partial charge in [-0.25, -0.2) is 0 Å². The summed E-state index contributed by atoms with van der Waals surface area (Å²) in [6.45, 7) is 2.03. The van der Waals surface area contributed by atoms with Gasteiger partial charge in [-0.1, -0.05) is 18.2 Å². The number of carbonyl (C=O) groups is 1. The summed E-state index contributed by atoms with van der Waals surface area (Å²) < 4.78 is 1.69. The van der Waals surface area contributed by atoms with E-state index in [1.165, 1.54) is 0 Å². The lowest BCUT2D eigenvalue weighted by atomic mass is 10.1. The van der Waals surface area contributed by atoms with Gasteiger partial charge in [-0.3, -0.25) is 9.48 Å². The van der Waals surface area contributed by atoms with E-state index in [-0.39, 0.29) is 24.5 Å². The molecule has 3 N–H and O–H groups in total. The molecule has 1 aliphatic heterocycles. The number of hydrogen-bond donors (Lipinski definition) is 3. The molecule has 6 nitrogen and oxygen atoms in total. The van der Waals surface area contributed by atoms with E-state index >= 15 is 0 Å². The summed E-state index contributed by atoms with van der Waals surface area (Å²) >= 11 is 0. The highest BCUT2D eigenvalue weighted by Gasteiger charge is 2.25. The molecule has 1 saturated heterocycles. The zero-order chi connectivity index (χ0) is 13.9. The van der Waals surface area contributed by atoms with Gasteiger partial charge < -0.3 is 15.7 Å². The van der Waals surface area contributed by atoms with Crippen LogP contribution in [0.5, 0.6) is 0 Å². The molecule has 2 unspecified atom stereocenters. The number of para-hydroxylation sites is 1. The van der Waals surface area contributed by atoms with Crippen LogP contribution in [-0.4, -0.2) is 46.5 Å². The van der Waals surface area contributed by atoms with Crippen molar-refractivity contribution in [1.29, 1.82) is 0 Å². The average Bonchev–Trinajstić information content (AvgIpc) is 3.04. The van der Waals surface area contributed by atoms with Gasteiger partial charge in [0.1, 0.15) is 6.54 Å². The van der Waals surface area contributed by atoms with E-state index < -0.39 is 0 Å². The van der Waals surface area contributed by atoms with E-state index in [1.807, 2.05) is 24.3 Å². The first-order chi connectivity index (χ1) is 9.74. The molecule has 20 heavy (non-hydrogen) atoms. The van der Waals surface area contributed by atoms with Crippen molar-refractivity contribution in [2.24, 2.45) is 5.92 Å². The van der Waals surface area contributed by atoms with Crippen molar-refractivity contribution in [3.8, 4) is 0 Å². The molecule has 6 heteroatoms. The smallest absolute Gasteiger partial charge is 0.241 e. The minimum absolute atomic E-state index is 0.0852. The van der Waals surface area contributed by atoms with Gasteiger partial charge in [-0.05, 0) is 6.07 Å². The number of hydrogen-bond acceptors (Lipinski definition) is 4. The Bertz CT molecular complexity index is 610. The molecule has 2 atom stereocenters. The van der Waals surface area contributed by atoms with Gasteiger partial charge >= 0.3 is 0 Å². The number of rotatable bonds is 4. The molecule has 0 bridgehead atoms. The fourth-order valence-electron chi connectivity index (χ4n) is 2.52. The molecule has 0 spiro atoms. The second kappa shape index (κ2) is 5.60. The maximum atomic E-state index is 11.9. The molecule has 0 saturated carbocycles. The lowest BCUT2D eigenvalue weighted by Gasteiger charge is -2.14. The Morgan fingerprint density at radius 2 is 2.30 bits per heavy atom. The second-order valence-electron chi connectivity index (χ2n) is 5.15. The molecule has 1 aromatic carbocycles. The summed E-state index contributed by atoms with van der Waals surface area (Å²) in [5.41, 5.74) is 0.949. The number of nitrogens with zero attached hydrogens (tertiary/aromatic N) is 2. The lowest BCUT2D eigenvalue weighted by Crippen LogP contribution is -2.36. The fourth-order valence-corrected chi connectivity index (χ4v) is 2.52. The molecule has 2 heterocycles. The molecular weight excluding hydrogens is 256 g/mol. The molecule has 3 rings (SSSR count). The van der Waals surface area contributed by atoms with Gasteiger partial charge in [0.2, 0.25) is 5.91 Å². The largest absolute Gasteiger partial charge is 0.391 e. The number of aliphatic hydroxyl groups excluding tert-OH is 1. The van der Waals surface area contributed by atoms with Crippen LogP contribution in [0.25, 0.3) is 10.9 Å². The van der Waals surface area contributed by atoms with Gasteiger partial charge in [-0.15, -0.1) is 0 Å². The number of nitrogens with one attached hydrogen (secondary N) is 2. The van der Waals surface area contributed by atoms with E-state index in [9.17, 15) is 9.90 Å². The second-order valence-corrected chi connectivity index (χ2v) is 5.15. The molecule has 106 valence electrons. The van der Waals surface area contributed by atoms with Crippen LogP contribution in [-0.2, 0) is 11.3 Å². The summed E-state index contributed by atoms with van der Waals surface area (Å²) in [5, 5.41) is 20.9. The van der Waals surface area contributed by atoms with Crippen molar-refractivity contribution in [2.45, 2.75) is 12.6 Å². The Morgan fingerprint density at radius 1 is 1.45 bits per heavy atom. The van der Waals surface area contributed by atoms with Crippen molar-refractivity contribution >= 4 is 16.8 Å². The third-order valence-corrected chi connectivity index (χ3v) is 3.71.